The first-order chi connectivity index (χ1) is 14.2. The first kappa shape index (κ1) is 23.2. The monoisotopic (exact) mass is 435 g/mol. The van der Waals surface area contributed by atoms with E-state index in [4.69, 9.17) is 4.74 Å². The highest BCUT2D eigenvalue weighted by Crippen LogP contribution is 2.28. The van der Waals surface area contributed by atoms with Gasteiger partial charge in [-0.05, 0) is 30.3 Å². The average molecular weight is 436 g/mol. The molecule has 0 fully saturated rings. The molecule has 2 aromatic carbocycles. The number of phenols is 1. The summed E-state index contributed by atoms with van der Waals surface area (Å²) in [5.41, 5.74) is 0.456. The number of aromatic hydroxyl groups is 1. The summed E-state index contributed by atoms with van der Waals surface area (Å²) < 4.78 is 31.4. The van der Waals surface area contributed by atoms with Crippen LogP contribution in [-0.2, 0) is 14.8 Å². The molecule has 10 heteroatoms. The molecular formula is C20H25N3O6S. The predicted octanol–water partition coefficient (Wildman–Crippen LogP) is 1.80. The van der Waals surface area contributed by atoms with Crippen molar-refractivity contribution in [3.05, 3.63) is 48.0 Å². The number of carbonyl (C=O) groups is 2. The first-order valence-corrected chi connectivity index (χ1v) is 10.7. The minimum atomic E-state index is -3.70. The van der Waals surface area contributed by atoms with Crippen molar-refractivity contribution in [1.29, 1.82) is 0 Å². The Morgan fingerprint density at radius 1 is 1.10 bits per heavy atom. The molecule has 0 aliphatic heterocycles. The molecule has 162 valence electrons. The number of rotatable bonds is 9. The number of nitrogens with one attached hydrogen (secondary N) is 2. The SMILES string of the molecule is CCN(CC)S(=O)(=O)c1cccc(C(=O)NCC(=O)Nc2ccc(OC)c(O)c2)c1. The third-order valence-corrected chi connectivity index (χ3v) is 6.36. The van der Waals surface area contributed by atoms with Gasteiger partial charge in [0.05, 0.1) is 18.6 Å². The van der Waals surface area contributed by atoms with Gasteiger partial charge in [-0.3, -0.25) is 9.59 Å². The zero-order valence-electron chi connectivity index (χ0n) is 17.0. The normalized spacial score (nSPS) is 11.2. The standard InChI is InChI=1S/C20H25N3O6S/c1-4-23(5-2)30(27,28)16-8-6-7-14(11-16)20(26)21-13-19(25)22-15-9-10-18(29-3)17(24)12-15/h6-12,24H,4-5,13H2,1-3H3,(H,21,26)(H,22,25). The van der Waals surface area contributed by atoms with Crippen LogP contribution in [0.2, 0.25) is 0 Å². The fraction of sp³-hybridized carbons (Fsp3) is 0.300. The van der Waals surface area contributed by atoms with E-state index in [1.165, 1.54) is 47.8 Å². The lowest BCUT2D eigenvalue weighted by Crippen LogP contribution is -2.33. The highest BCUT2D eigenvalue weighted by Gasteiger charge is 2.22. The summed E-state index contributed by atoms with van der Waals surface area (Å²) in [6.07, 6.45) is 0. The molecule has 0 aromatic heterocycles. The van der Waals surface area contributed by atoms with Crippen molar-refractivity contribution in [2.24, 2.45) is 0 Å². The Hall–Kier alpha value is -3.11. The molecule has 0 radical (unpaired) electrons. The first-order valence-electron chi connectivity index (χ1n) is 9.28. The van der Waals surface area contributed by atoms with Crippen LogP contribution in [-0.4, -0.2) is 56.4 Å². The maximum Gasteiger partial charge on any atom is 0.251 e. The van der Waals surface area contributed by atoms with Gasteiger partial charge in [0, 0.05) is 30.4 Å². The van der Waals surface area contributed by atoms with Gasteiger partial charge in [0.15, 0.2) is 11.5 Å². The van der Waals surface area contributed by atoms with Gasteiger partial charge in [0.2, 0.25) is 15.9 Å². The Labute approximate surface area is 175 Å². The molecule has 0 saturated heterocycles. The van der Waals surface area contributed by atoms with E-state index in [2.05, 4.69) is 10.6 Å². The van der Waals surface area contributed by atoms with E-state index in [0.29, 0.717) is 18.8 Å². The van der Waals surface area contributed by atoms with Crippen LogP contribution in [0.3, 0.4) is 0 Å². The van der Waals surface area contributed by atoms with Crippen LogP contribution in [0.15, 0.2) is 47.4 Å². The lowest BCUT2D eigenvalue weighted by atomic mass is 10.2. The van der Waals surface area contributed by atoms with Crippen molar-refractivity contribution in [2.75, 3.05) is 32.1 Å². The van der Waals surface area contributed by atoms with E-state index < -0.39 is 21.8 Å². The molecule has 0 bridgehead atoms. The molecule has 2 aromatic rings. The predicted molar refractivity (Wildman–Crippen MR) is 112 cm³/mol. The number of benzene rings is 2. The largest absolute Gasteiger partial charge is 0.504 e. The smallest absolute Gasteiger partial charge is 0.251 e. The molecule has 0 unspecified atom stereocenters. The van der Waals surface area contributed by atoms with Crippen molar-refractivity contribution in [3.63, 3.8) is 0 Å². The second-order valence-electron chi connectivity index (χ2n) is 6.23. The number of nitrogens with zero attached hydrogens (tertiary/aromatic N) is 1. The van der Waals surface area contributed by atoms with Crippen LogP contribution in [0.4, 0.5) is 5.69 Å². The minimum absolute atomic E-state index is 0.0111. The van der Waals surface area contributed by atoms with Crippen LogP contribution < -0.4 is 15.4 Å². The van der Waals surface area contributed by atoms with Gasteiger partial charge in [-0.25, -0.2) is 8.42 Å². The van der Waals surface area contributed by atoms with Crippen molar-refractivity contribution in [3.8, 4) is 11.5 Å². The highest BCUT2D eigenvalue weighted by molar-refractivity contribution is 7.89. The van der Waals surface area contributed by atoms with Crippen LogP contribution in [0.25, 0.3) is 0 Å². The average Bonchev–Trinajstić information content (AvgIpc) is 2.73. The molecule has 2 amide bonds. The molecule has 0 saturated carbocycles. The number of methoxy groups -OCH3 is 1. The summed E-state index contributed by atoms with van der Waals surface area (Å²) in [4.78, 5) is 24.4. The summed E-state index contributed by atoms with van der Waals surface area (Å²) in [5, 5.41) is 14.7. The van der Waals surface area contributed by atoms with E-state index in [9.17, 15) is 23.1 Å². The van der Waals surface area contributed by atoms with Crippen LogP contribution in [0.5, 0.6) is 11.5 Å². The van der Waals surface area contributed by atoms with Crippen molar-refractivity contribution in [1.82, 2.24) is 9.62 Å². The molecule has 0 aliphatic rings. The number of anilines is 1. The zero-order valence-corrected chi connectivity index (χ0v) is 17.8. The van der Waals surface area contributed by atoms with Crippen LogP contribution >= 0.6 is 0 Å². The maximum atomic E-state index is 12.6. The topological polar surface area (TPSA) is 125 Å². The van der Waals surface area contributed by atoms with Gasteiger partial charge in [-0.1, -0.05) is 19.9 Å². The second kappa shape index (κ2) is 10.1. The number of hydrogen-bond acceptors (Lipinski definition) is 6. The van der Waals surface area contributed by atoms with Crippen LogP contribution in [0, 0.1) is 0 Å². The Morgan fingerprint density at radius 3 is 2.40 bits per heavy atom. The summed E-state index contributed by atoms with van der Waals surface area (Å²) in [7, 11) is -2.29. The van der Waals surface area contributed by atoms with Gasteiger partial charge < -0.3 is 20.5 Å². The fourth-order valence-corrected chi connectivity index (χ4v) is 4.25. The third kappa shape index (κ3) is 5.49. The number of amides is 2. The fourth-order valence-electron chi connectivity index (χ4n) is 2.75. The lowest BCUT2D eigenvalue weighted by molar-refractivity contribution is -0.115. The molecule has 3 N–H and O–H groups in total. The number of sulfonamides is 1. The second-order valence-corrected chi connectivity index (χ2v) is 8.17. The van der Waals surface area contributed by atoms with Gasteiger partial charge in [-0.15, -0.1) is 0 Å². The zero-order chi connectivity index (χ0) is 22.3. The van der Waals surface area contributed by atoms with E-state index >= 15 is 0 Å². The van der Waals surface area contributed by atoms with E-state index in [1.807, 2.05) is 0 Å². The summed E-state index contributed by atoms with van der Waals surface area (Å²) in [6, 6.07) is 10.0. The van der Waals surface area contributed by atoms with Gasteiger partial charge in [-0.2, -0.15) is 4.31 Å². The maximum absolute atomic E-state index is 12.6. The molecule has 0 atom stereocenters. The lowest BCUT2D eigenvalue weighted by Gasteiger charge is -2.18. The molecule has 0 heterocycles. The Bertz CT molecular complexity index is 1020. The minimum Gasteiger partial charge on any atom is -0.504 e. The summed E-state index contributed by atoms with van der Waals surface area (Å²) in [6.45, 7) is 3.77. The number of carbonyl (C=O) groups excluding carboxylic acids is 2. The van der Waals surface area contributed by atoms with E-state index in [-0.39, 0.29) is 28.5 Å². The Kier molecular flexibility index (Phi) is 7.79. The van der Waals surface area contributed by atoms with Gasteiger partial charge in [0.25, 0.3) is 5.91 Å². The summed E-state index contributed by atoms with van der Waals surface area (Å²) >= 11 is 0. The third-order valence-electron chi connectivity index (χ3n) is 4.31. The van der Waals surface area contributed by atoms with Gasteiger partial charge >= 0.3 is 0 Å². The van der Waals surface area contributed by atoms with Crippen molar-refractivity contribution >= 4 is 27.5 Å². The van der Waals surface area contributed by atoms with Crippen LogP contribution in [0.1, 0.15) is 24.2 Å². The highest BCUT2D eigenvalue weighted by atomic mass is 32.2. The molecule has 0 spiro atoms. The molecule has 9 nitrogen and oxygen atoms in total. The van der Waals surface area contributed by atoms with Gasteiger partial charge in [0.1, 0.15) is 0 Å². The quantitative estimate of drug-likeness (QED) is 0.552. The molecule has 30 heavy (non-hydrogen) atoms. The Morgan fingerprint density at radius 2 is 1.80 bits per heavy atom. The molecular weight excluding hydrogens is 410 g/mol. The van der Waals surface area contributed by atoms with E-state index in [0.717, 1.165) is 0 Å². The van der Waals surface area contributed by atoms with Crippen molar-refractivity contribution < 1.29 is 27.9 Å². The number of hydrogen-bond donors (Lipinski definition) is 3. The summed E-state index contributed by atoms with van der Waals surface area (Å²) in [5.74, 6) is -0.967. The molecule has 2 rings (SSSR count). The number of ether oxygens (including phenoxy) is 1. The molecule has 0 aliphatic carbocycles. The Balaban J connectivity index is 2.03. The van der Waals surface area contributed by atoms with E-state index in [1.54, 1.807) is 19.9 Å². The number of phenolic OH excluding ortho intramolecular Hbond substituents is 1. The van der Waals surface area contributed by atoms with Crippen molar-refractivity contribution in [2.45, 2.75) is 18.7 Å².